The summed E-state index contributed by atoms with van der Waals surface area (Å²) in [6, 6.07) is 9.63. The van der Waals surface area contributed by atoms with Gasteiger partial charge in [0.25, 0.3) is 0 Å². The molecule has 1 saturated heterocycles. The lowest BCUT2D eigenvalue weighted by Crippen LogP contribution is -2.63. The Hall–Kier alpha value is -2.27. The fourth-order valence-electron chi connectivity index (χ4n) is 2.48. The number of nitrogens with one attached hydrogen (secondary N) is 1. The monoisotopic (exact) mass is 283 g/mol. The summed E-state index contributed by atoms with van der Waals surface area (Å²) >= 11 is 0. The zero-order valence-electron chi connectivity index (χ0n) is 12.1. The molecule has 0 spiro atoms. The fourth-order valence-corrected chi connectivity index (χ4v) is 2.48. The van der Waals surface area contributed by atoms with E-state index in [1.54, 1.807) is 20.0 Å². The van der Waals surface area contributed by atoms with Crippen LogP contribution in [0.3, 0.4) is 0 Å². The van der Waals surface area contributed by atoms with Crippen LogP contribution in [-0.2, 0) is 16.1 Å². The minimum absolute atomic E-state index is 0.188. The second-order valence-corrected chi connectivity index (χ2v) is 5.79. The van der Waals surface area contributed by atoms with Gasteiger partial charge in [-0.15, -0.1) is 0 Å². The number of carbonyl (C=O) groups excluding carboxylic acids is 2. The van der Waals surface area contributed by atoms with E-state index in [2.05, 4.69) is 10.3 Å². The lowest BCUT2D eigenvalue weighted by Gasteiger charge is -2.36. The molecule has 1 aliphatic heterocycles. The normalized spacial score (nSPS) is 18.3. The van der Waals surface area contributed by atoms with Crippen molar-refractivity contribution in [3.8, 4) is 0 Å². The Labute approximate surface area is 123 Å². The number of amides is 2. The highest BCUT2D eigenvalue weighted by molar-refractivity contribution is 6.03. The molecule has 0 atom stereocenters. The minimum atomic E-state index is -0.702. The first-order valence-electron chi connectivity index (χ1n) is 6.91. The molecule has 0 bridgehead atoms. The van der Waals surface area contributed by atoms with Gasteiger partial charge >= 0.3 is 0 Å². The molecular weight excluding hydrogens is 266 g/mol. The Balaban J connectivity index is 1.90. The summed E-state index contributed by atoms with van der Waals surface area (Å²) in [6.07, 6.45) is 1.74. The largest absolute Gasteiger partial charge is 0.295 e. The fraction of sp³-hybridized carbons (Fsp3) is 0.312. The van der Waals surface area contributed by atoms with Crippen LogP contribution in [0.5, 0.6) is 0 Å². The van der Waals surface area contributed by atoms with Gasteiger partial charge < -0.3 is 0 Å². The van der Waals surface area contributed by atoms with Crippen LogP contribution in [0.25, 0.3) is 10.9 Å². The van der Waals surface area contributed by atoms with E-state index in [1.807, 2.05) is 30.3 Å². The van der Waals surface area contributed by atoms with E-state index < -0.39 is 5.54 Å². The molecule has 1 fully saturated rings. The summed E-state index contributed by atoms with van der Waals surface area (Å²) in [7, 11) is 0. The highest BCUT2D eigenvalue weighted by Crippen LogP contribution is 2.19. The predicted octanol–water partition coefficient (Wildman–Crippen LogP) is 1.47. The second kappa shape index (κ2) is 4.93. The van der Waals surface area contributed by atoms with Gasteiger partial charge in [-0.25, -0.2) is 0 Å². The summed E-state index contributed by atoms with van der Waals surface area (Å²) < 4.78 is 0. The number of hydrogen-bond acceptors (Lipinski definition) is 4. The smallest absolute Gasteiger partial charge is 0.249 e. The predicted molar refractivity (Wildman–Crippen MR) is 79.4 cm³/mol. The van der Waals surface area contributed by atoms with Crippen molar-refractivity contribution in [2.24, 2.45) is 0 Å². The third kappa shape index (κ3) is 2.52. The number of piperazine rings is 1. The maximum atomic E-state index is 12.4. The van der Waals surface area contributed by atoms with E-state index in [-0.39, 0.29) is 18.4 Å². The lowest BCUT2D eigenvalue weighted by molar-refractivity contribution is -0.153. The van der Waals surface area contributed by atoms with Gasteiger partial charge in [-0.1, -0.05) is 12.1 Å². The van der Waals surface area contributed by atoms with Crippen LogP contribution < -0.4 is 5.32 Å². The average molecular weight is 283 g/mol. The molecule has 2 heterocycles. The van der Waals surface area contributed by atoms with Crippen molar-refractivity contribution in [3.63, 3.8) is 0 Å². The highest BCUT2D eigenvalue weighted by atomic mass is 16.2. The highest BCUT2D eigenvalue weighted by Gasteiger charge is 2.39. The number of pyridine rings is 1. The number of fused-ring (bicyclic) bond motifs is 1. The van der Waals surface area contributed by atoms with Gasteiger partial charge in [0.15, 0.2) is 0 Å². The van der Waals surface area contributed by atoms with Gasteiger partial charge in [-0.2, -0.15) is 0 Å². The van der Waals surface area contributed by atoms with E-state index in [1.165, 1.54) is 4.90 Å². The molecule has 1 N–H and O–H groups in total. The van der Waals surface area contributed by atoms with Gasteiger partial charge in [0.2, 0.25) is 11.8 Å². The van der Waals surface area contributed by atoms with Gasteiger partial charge in [0, 0.05) is 11.6 Å². The maximum absolute atomic E-state index is 12.4. The summed E-state index contributed by atoms with van der Waals surface area (Å²) in [5.74, 6) is -0.379. The van der Waals surface area contributed by atoms with Crippen LogP contribution in [0.4, 0.5) is 0 Å². The van der Waals surface area contributed by atoms with Crippen molar-refractivity contribution in [3.05, 3.63) is 42.1 Å². The van der Waals surface area contributed by atoms with E-state index in [4.69, 9.17) is 0 Å². The average Bonchev–Trinajstić information content (AvgIpc) is 2.48. The number of rotatable bonds is 2. The van der Waals surface area contributed by atoms with E-state index in [9.17, 15) is 9.59 Å². The maximum Gasteiger partial charge on any atom is 0.249 e. The third-order valence-electron chi connectivity index (χ3n) is 3.77. The van der Waals surface area contributed by atoms with Crippen molar-refractivity contribution in [2.45, 2.75) is 25.9 Å². The summed E-state index contributed by atoms with van der Waals surface area (Å²) in [5.41, 5.74) is 1.13. The standard InChI is InChI=1S/C16H17N3O2/c1-16(2)15(21)19(14(20)9-18-16)10-11-5-6-13-12(8-11)4-3-7-17-13/h3-8,18H,9-10H2,1-2H3. The quantitative estimate of drug-likeness (QED) is 0.848. The molecule has 2 amide bonds. The molecule has 0 unspecified atom stereocenters. The van der Waals surface area contributed by atoms with Gasteiger partial charge in [-0.3, -0.25) is 24.8 Å². The zero-order chi connectivity index (χ0) is 15.0. The minimum Gasteiger partial charge on any atom is -0.295 e. The molecule has 3 rings (SSSR count). The summed E-state index contributed by atoms with van der Waals surface area (Å²) in [6.45, 7) is 4.07. The van der Waals surface area contributed by atoms with Crippen molar-refractivity contribution in [1.82, 2.24) is 15.2 Å². The number of imide groups is 1. The molecular formula is C16H17N3O2. The Morgan fingerprint density at radius 3 is 2.90 bits per heavy atom. The van der Waals surface area contributed by atoms with Gasteiger partial charge in [0.05, 0.1) is 24.1 Å². The van der Waals surface area contributed by atoms with Crippen molar-refractivity contribution in [1.29, 1.82) is 0 Å². The molecule has 5 nitrogen and oxygen atoms in total. The Morgan fingerprint density at radius 1 is 1.29 bits per heavy atom. The van der Waals surface area contributed by atoms with Crippen molar-refractivity contribution in [2.75, 3.05) is 6.54 Å². The lowest BCUT2D eigenvalue weighted by atomic mass is 9.99. The van der Waals surface area contributed by atoms with Crippen LogP contribution in [-0.4, -0.2) is 33.8 Å². The number of nitrogens with zero attached hydrogens (tertiary/aromatic N) is 2. The SMILES string of the molecule is CC1(C)NCC(=O)N(Cc2ccc3ncccc3c2)C1=O. The van der Waals surface area contributed by atoms with Crippen LogP contribution in [0.1, 0.15) is 19.4 Å². The molecule has 0 radical (unpaired) electrons. The van der Waals surface area contributed by atoms with Gasteiger partial charge in [0.1, 0.15) is 0 Å². The number of aromatic nitrogens is 1. The summed E-state index contributed by atoms with van der Waals surface area (Å²) in [5, 5.41) is 3.96. The molecule has 1 aromatic heterocycles. The number of carbonyl (C=O) groups is 2. The molecule has 0 aliphatic carbocycles. The number of benzene rings is 1. The molecule has 1 aromatic carbocycles. The van der Waals surface area contributed by atoms with E-state index in [0.717, 1.165) is 16.5 Å². The molecule has 2 aromatic rings. The topological polar surface area (TPSA) is 62.3 Å². The zero-order valence-corrected chi connectivity index (χ0v) is 12.1. The molecule has 1 aliphatic rings. The first-order chi connectivity index (χ1) is 9.97. The van der Waals surface area contributed by atoms with E-state index in [0.29, 0.717) is 6.54 Å². The third-order valence-corrected chi connectivity index (χ3v) is 3.77. The Bertz CT molecular complexity index is 724. The van der Waals surface area contributed by atoms with Crippen molar-refractivity contribution >= 4 is 22.7 Å². The van der Waals surface area contributed by atoms with Crippen LogP contribution >= 0.6 is 0 Å². The Kier molecular flexibility index (Phi) is 3.22. The Morgan fingerprint density at radius 2 is 2.10 bits per heavy atom. The first-order valence-corrected chi connectivity index (χ1v) is 6.91. The summed E-state index contributed by atoms with van der Waals surface area (Å²) in [4.78, 5) is 29.9. The van der Waals surface area contributed by atoms with Crippen LogP contribution in [0.15, 0.2) is 36.5 Å². The second-order valence-electron chi connectivity index (χ2n) is 5.79. The first kappa shape index (κ1) is 13.7. The molecule has 0 saturated carbocycles. The van der Waals surface area contributed by atoms with Gasteiger partial charge in [-0.05, 0) is 37.6 Å². The molecule has 21 heavy (non-hydrogen) atoms. The van der Waals surface area contributed by atoms with E-state index >= 15 is 0 Å². The van der Waals surface area contributed by atoms with Crippen molar-refractivity contribution < 1.29 is 9.59 Å². The number of hydrogen-bond donors (Lipinski definition) is 1. The molecule has 108 valence electrons. The van der Waals surface area contributed by atoms with Crippen LogP contribution in [0, 0.1) is 0 Å². The molecule has 5 heteroatoms. The van der Waals surface area contributed by atoms with Crippen LogP contribution in [0.2, 0.25) is 0 Å².